The highest BCUT2D eigenvalue weighted by molar-refractivity contribution is 5.89. The van der Waals surface area contributed by atoms with Crippen molar-refractivity contribution in [2.24, 2.45) is 0 Å². The molecule has 2 heterocycles. The molecule has 1 aliphatic rings. The number of rotatable bonds is 25. The van der Waals surface area contributed by atoms with E-state index in [1.165, 1.54) is 0 Å². The summed E-state index contributed by atoms with van der Waals surface area (Å²) in [4.78, 5) is 15.9. The summed E-state index contributed by atoms with van der Waals surface area (Å²) >= 11 is 0. The van der Waals surface area contributed by atoms with E-state index in [4.69, 9.17) is 47.0 Å². The first-order chi connectivity index (χ1) is 40.5. The molecule has 1 aromatic heterocycles. The molecule has 11 rings (SSSR count). The molecule has 0 bridgehead atoms. The van der Waals surface area contributed by atoms with E-state index in [1.54, 1.807) is 30.3 Å². The van der Waals surface area contributed by atoms with Gasteiger partial charge in [0.1, 0.15) is 73.3 Å². The Morgan fingerprint density at radius 3 is 1.34 bits per heavy atom. The minimum Gasteiger partial charge on any atom is -0.489 e. The second kappa shape index (κ2) is 27.4. The van der Waals surface area contributed by atoms with Gasteiger partial charge in [-0.2, -0.15) is 0 Å². The molecule has 0 unspecified atom stereocenters. The van der Waals surface area contributed by atoms with Gasteiger partial charge in [-0.15, -0.1) is 0 Å². The van der Waals surface area contributed by atoms with Crippen LogP contribution in [0.1, 0.15) is 38.9 Å². The van der Waals surface area contributed by atoms with E-state index in [9.17, 15) is 5.11 Å². The third-order valence-electron chi connectivity index (χ3n) is 13.9. The Labute approximate surface area is 476 Å². The number of hydrogen-bond donors (Lipinski definition) is 1. The summed E-state index contributed by atoms with van der Waals surface area (Å²) in [5, 5.41) is 12.9. The van der Waals surface area contributed by atoms with Crippen molar-refractivity contribution in [2.45, 2.75) is 77.0 Å². The molecule has 0 radical (unpaired) electrons. The fourth-order valence-corrected chi connectivity index (χ4v) is 9.60. The topological polar surface area (TPSA) is 134 Å². The first-order valence-electron chi connectivity index (χ1n) is 27.4. The SMILES string of the molecule is O=c1c(O[C@@H]2O[C@H](COCc3ccccc3)[C@@H](OCc3ccccc3)[C@H](OCc3ccccc3)[C@H]2O)c(-c2ccc(OCc3ccccc3)c(OCc3ccccc3)c2)oc2cc(OCc3ccccc3)cc(OCc3ccccc3)c12. The van der Waals surface area contributed by atoms with Gasteiger partial charge < -0.3 is 52.2 Å². The number of ether oxygens (including phenoxy) is 9. The second-order valence-corrected chi connectivity index (χ2v) is 19.8. The first kappa shape index (κ1) is 54.9. The van der Waals surface area contributed by atoms with E-state index in [0.29, 0.717) is 22.8 Å². The van der Waals surface area contributed by atoms with Crippen molar-refractivity contribution in [1.82, 2.24) is 0 Å². The molecule has 1 aliphatic heterocycles. The van der Waals surface area contributed by atoms with Crippen molar-refractivity contribution in [1.29, 1.82) is 0 Å². The lowest BCUT2D eigenvalue weighted by Gasteiger charge is -2.44. The lowest BCUT2D eigenvalue weighted by atomic mass is 9.98. The number of fused-ring (bicyclic) bond motifs is 1. The molecule has 1 saturated heterocycles. The first-order valence-corrected chi connectivity index (χ1v) is 27.4. The smallest absolute Gasteiger partial charge is 0.239 e. The van der Waals surface area contributed by atoms with Crippen LogP contribution in [0.25, 0.3) is 22.3 Å². The van der Waals surface area contributed by atoms with Crippen molar-refractivity contribution in [2.75, 3.05) is 6.61 Å². The highest BCUT2D eigenvalue weighted by Crippen LogP contribution is 2.42. The molecule has 9 aromatic carbocycles. The van der Waals surface area contributed by atoms with Gasteiger partial charge in [-0.25, -0.2) is 0 Å². The van der Waals surface area contributed by atoms with E-state index in [2.05, 4.69) is 0 Å². The largest absolute Gasteiger partial charge is 0.489 e. The summed E-state index contributed by atoms with van der Waals surface area (Å²) in [6.45, 7) is 1.35. The fourth-order valence-electron chi connectivity index (χ4n) is 9.60. The molecule has 414 valence electrons. The zero-order chi connectivity index (χ0) is 55.7. The predicted octanol–water partition coefficient (Wildman–Crippen LogP) is 13.6. The Hall–Kier alpha value is -9.01. The monoisotopic (exact) mass is 1090 g/mol. The van der Waals surface area contributed by atoms with Gasteiger partial charge >= 0.3 is 0 Å². The fraction of sp³-hybridized carbons (Fsp3) is 0.186. The average Bonchev–Trinajstić information content (AvgIpc) is 3.72. The maximum atomic E-state index is 15.9. The average molecular weight is 1100 g/mol. The van der Waals surface area contributed by atoms with Crippen LogP contribution in [0.3, 0.4) is 0 Å². The van der Waals surface area contributed by atoms with Crippen LogP contribution in [0.5, 0.6) is 28.7 Å². The highest BCUT2D eigenvalue weighted by atomic mass is 16.7. The van der Waals surface area contributed by atoms with E-state index < -0.39 is 36.1 Å². The van der Waals surface area contributed by atoms with Crippen LogP contribution in [0.2, 0.25) is 0 Å². The molecule has 82 heavy (non-hydrogen) atoms. The van der Waals surface area contributed by atoms with Crippen molar-refractivity contribution in [3.63, 3.8) is 0 Å². The Morgan fingerprint density at radius 1 is 0.415 bits per heavy atom. The lowest BCUT2D eigenvalue weighted by Crippen LogP contribution is -2.62. The molecule has 0 aliphatic carbocycles. The third kappa shape index (κ3) is 14.3. The lowest BCUT2D eigenvalue weighted by molar-refractivity contribution is -0.299. The van der Waals surface area contributed by atoms with Gasteiger partial charge in [-0.05, 0) is 57.1 Å². The van der Waals surface area contributed by atoms with Gasteiger partial charge in [-0.1, -0.05) is 212 Å². The van der Waals surface area contributed by atoms with E-state index in [0.717, 1.165) is 38.9 Å². The third-order valence-corrected chi connectivity index (χ3v) is 13.9. The molecule has 0 saturated carbocycles. The maximum Gasteiger partial charge on any atom is 0.239 e. The zero-order valence-electron chi connectivity index (χ0n) is 45.1. The van der Waals surface area contributed by atoms with E-state index in [1.807, 2.05) is 212 Å². The summed E-state index contributed by atoms with van der Waals surface area (Å²) in [6, 6.07) is 76.8. The Balaban J connectivity index is 1.03. The van der Waals surface area contributed by atoms with Gasteiger partial charge in [0.05, 0.1) is 26.4 Å². The Bertz CT molecular complexity index is 3630. The normalized spacial score (nSPS) is 16.8. The van der Waals surface area contributed by atoms with Crippen molar-refractivity contribution in [3.05, 3.63) is 292 Å². The number of hydrogen-bond acceptors (Lipinski definition) is 12. The standard InChI is InChI=1S/C70H62O12/c71-64-63-60(77-45-53-30-16-5-17-31-53)39-57(74-42-50-24-10-2-11-25-50)40-61(63)80-66(56-36-37-58(75-43-51-26-12-3-13-27-51)59(38-56)76-44-52-28-14-4-15-29-52)69(64)82-70-65(72)68(79-47-55-34-20-7-21-35-55)67(78-46-54-32-18-6-19-33-54)62(81-70)48-73-41-49-22-8-1-9-23-49/h1-40,62,65,67-68,70,72H,41-48H2/t62-,65-,67-,68-,70+/m1/s1. The van der Waals surface area contributed by atoms with Gasteiger partial charge in [-0.3, -0.25) is 4.79 Å². The number of benzene rings is 9. The van der Waals surface area contributed by atoms with Gasteiger partial charge in [0.25, 0.3) is 0 Å². The summed E-state index contributed by atoms with van der Waals surface area (Å²) in [7, 11) is 0. The van der Waals surface area contributed by atoms with Crippen LogP contribution in [-0.2, 0) is 65.2 Å². The predicted molar refractivity (Wildman–Crippen MR) is 312 cm³/mol. The zero-order valence-corrected chi connectivity index (χ0v) is 45.1. The summed E-state index contributed by atoms with van der Waals surface area (Å²) in [5.74, 6) is 1.12. The van der Waals surface area contributed by atoms with Crippen LogP contribution in [0.4, 0.5) is 0 Å². The van der Waals surface area contributed by atoms with E-state index >= 15 is 4.79 Å². The van der Waals surface area contributed by atoms with E-state index in [-0.39, 0.29) is 81.1 Å². The highest BCUT2D eigenvalue weighted by Gasteiger charge is 2.49. The number of aliphatic hydroxyl groups excluding tert-OH is 1. The molecule has 0 spiro atoms. The summed E-state index contributed by atoms with van der Waals surface area (Å²) < 4.78 is 66.6. The Kier molecular flexibility index (Phi) is 18.4. The molecule has 1 fully saturated rings. The van der Waals surface area contributed by atoms with Crippen LogP contribution in [0, 0.1) is 0 Å². The number of aliphatic hydroxyl groups is 1. The van der Waals surface area contributed by atoms with Crippen molar-refractivity contribution >= 4 is 11.0 Å². The quantitative estimate of drug-likeness (QED) is 0.0584. The van der Waals surface area contributed by atoms with Gasteiger partial charge in [0, 0.05) is 17.7 Å². The van der Waals surface area contributed by atoms with Crippen LogP contribution in [-0.4, -0.2) is 42.4 Å². The molecule has 12 heteroatoms. The molecule has 1 N–H and O–H groups in total. The molecular formula is C70H62O12. The molecule has 0 amide bonds. The summed E-state index contributed by atoms with van der Waals surface area (Å²) in [5.41, 5.74) is 6.34. The van der Waals surface area contributed by atoms with Crippen LogP contribution < -0.4 is 29.1 Å². The van der Waals surface area contributed by atoms with Crippen molar-refractivity contribution < 1.29 is 52.2 Å². The van der Waals surface area contributed by atoms with Gasteiger partial charge in [0.2, 0.25) is 17.5 Å². The summed E-state index contributed by atoms with van der Waals surface area (Å²) in [6.07, 6.45) is -5.95. The second-order valence-electron chi connectivity index (χ2n) is 19.8. The Morgan fingerprint density at radius 2 is 0.841 bits per heavy atom. The minimum atomic E-state index is -1.55. The van der Waals surface area contributed by atoms with Gasteiger partial charge in [0.15, 0.2) is 17.3 Å². The molecular weight excluding hydrogens is 1030 g/mol. The maximum absolute atomic E-state index is 15.9. The van der Waals surface area contributed by atoms with Crippen LogP contribution >= 0.6 is 0 Å². The molecule has 12 nitrogen and oxygen atoms in total. The van der Waals surface area contributed by atoms with Crippen LogP contribution in [0.15, 0.2) is 252 Å². The molecule has 5 atom stereocenters. The molecule has 10 aromatic rings. The minimum absolute atomic E-state index is 0.00109. The van der Waals surface area contributed by atoms with Crippen molar-refractivity contribution in [3.8, 4) is 40.1 Å².